The van der Waals surface area contributed by atoms with E-state index in [1.165, 1.54) is 12.1 Å². The molecule has 0 bridgehead atoms. The molecule has 4 nitrogen and oxygen atoms in total. The monoisotopic (exact) mass is 315 g/mol. The summed E-state index contributed by atoms with van der Waals surface area (Å²) in [4.78, 5) is 8.16. The highest BCUT2D eigenvalue weighted by Crippen LogP contribution is 2.22. The molecule has 2 aromatic heterocycles. The van der Waals surface area contributed by atoms with Crippen LogP contribution in [0.25, 0.3) is 0 Å². The van der Waals surface area contributed by atoms with Gasteiger partial charge in [0, 0.05) is 42.5 Å². The maximum atomic E-state index is 12.8. The summed E-state index contributed by atoms with van der Waals surface area (Å²) in [6, 6.07) is 9.72. The van der Waals surface area contributed by atoms with Crippen molar-refractivity contribution in [1.29, 1.82) is 0 Å². The lowest BCUT2D eigenvalue weighted by Gasteiger charge is -2.14. The summed E-state index contributed by atoms with van der Waals surface area (Å²) in [6.45, 7) is 0.354. The molecule has 0 saturated carbocycles. The molecule has 1 unspecified atom stereocenters. The number of hydrogen-bond acceptors (Lipinski definition) is 3. The maximum absolute atomic E-state index is 12.8. The molecule has 1 aromatic carbocycles. The molecule has 1 N–H and O–H groups in total. The number of nitrogens with zero attached hydrogens (tertiary/aromatic N) is 3. The Morgan fingerprint density at radius 1 is 1.09 bits per heavy atom. The SMILES string of the molecule is OC(c1cccnc1)c1nccn1Cc1cccc(C(F)F)c1. The first-order chi connectivity index (χ1) is 11.1. The van der Waals surface area contributed by atoms with Crippen molar-refractivity contribution in [3.8, 4) is 0 Å². The molecule has 0 fully saturated rings. The number of aromatic nitrogens is 3. The zero-order valence-corrected chi connectivity index (χ0v) is 12.2. The molecule has 0 spiro atoms. The van der Waals surface area contributed by atoms with E-state index in [2.05, 4.69) is 9.97 Å². The fraction of sp³-hybridized carbons (Fsp3) is 0.176. The second-order valence-corrected chi connectivity index (χ2v) is 5.15. The van der Waals surface area contributed by atoms with Crippen molar-refractivity contribution in [2.24, 2.45) is 0 Å². The lowest BCUT2D eigenvalue weighted by Crippen LogP contribution is -2.11. The van der Waals surface area contributed by atoms with Gasteiger partial charge in [0.05, 0.1) is 0 Å². The molecule has 2 heterocycles. The van der Waals surface area contributed by atoms with Gasteiger partial charge in [-0.15, -0.1) is 0 Å². The number of rotatable bonds is 5. The molecule has 0 aliphatic carbocycles. The fourth-order valence-corrected chi connectivity index (χ4v) is 2.41. The fourth-order valence-electron chi connectivity index (χ4n) is 2.41. The third-order valence-corrected chi connectivity index (χ3v) is 3.55. The van der Waals surface area contributed by atoms with Crippen LogP contribution in [0.5, 0.6) is 0 Å². The first-order valence-corrected chi connectivity index (χ1v) is 7.11. The topological polar surface area (TPSA) is 50.9 Å². The van der Waals surface area contributed by atoms with Crippen molar-refractivity contribution in [2.75, 3.05) is 0 Å². The maximum Gasteiger partial charge on any atom is 0.263 e. The molecule has 0 radical (unpaired) electrons. The number of alkyl halides is 2. The van der Waals surface area contributed by atoms with Gasteiger partial charge in [0.2, 0.25) is 0 Å². The van der Waals surface area contributed by atoms with Crippen molar-refractivity contribution in [3.63, 3.8) is 0 Å². The Morgan fingerprint density at radius 2 is 1.91 bits per heavy atom. The van der Waals surface area contributed by atoms with Crippen LogP contribution in [0.4, 0.5) is 8.78 Å². The van der Waals surface area contributed by atoms with Crippen molar-refractivity contribution in [3.05, 3.63) is 83.7 Å². The van der Waals surface area contributed by atoms with Gasteiger partial charge < -0.3 is 9.67 Å². The molecule has 1 atom stereocenters. The van der Waals surface area contributed by atoms with E-state index in [0.717, 1.165) is 5.56 Å². The third kappa shape index (κ3) is 3.43. The number of pyridine rings is 1. The van der Waals surface area contributed by atoms with Gasteiger partial charge in [-0.2, -0.15) is 0 Å². The quantitative estimate of drug-likeness (QED) is 0.785. The Kier molecular flexibility index (Phi) is 4.43. The van der Waals surface area contributed by atoms with Crippen LogP contribution in [0.15, 0.2) is 61.2 Å². The molecule has 0 saturated heterocycles. The van der Waals surface area contributed by atoms with E-state index >= 15 is 0 Å². The van der Waals surface area contributed by atoms with Gasteiger partial charge in [0.1, 0.15) is 11.9 Å². The van der Waals surface area contributed by atoms with Gasteiger partial charge in [0.15, 0.2) is 0 Å². The predicted molar refractivity (Wildman–Crippen MR) is 81.0 cm³/mol. The van der Waals surface area contributed by atoms with Crippen LogP contribution in [0.1, 0.15) is 35.0 Å². The number of halogens is 2. The van der Waals surface area contributed by atoms with Crippen LogP contribution in [0.3, 0.4) is 0 Å². The minimum Gasteiger partial charge on any atom is -0.380 e. The van der Waals surface area contributed by atoms with E-state index in [-0.39, 0.29) is 5.56 Å². The Hall–Kier alpha value is -2.60. The van der Waals surface area contributed by atoms with Gasteiger partial charge in [-0.25, -0.2) is 13.8 Å². The predicted octanol–water partition coefficient (Wildman–Crippen LogP) is 3.35. The van der Waals surface area contributed by atoms with E-state index in [1.54, 1.807) is 53.6 Å². The van der Waals surface area contributed by atoms with Gasteiger partial charge in [-0.1, -0.05) is 24.3 Å². The van der Waals surface area contributed by atoms with E-state index in [4.69, 9.17) is 0 Å². The summed E-state index contributed by atoms with van der Waals surface area (Å²) in [5.74, 6) is 0.445. The highest BCUT2D eigenvalue weighted by atomic mass is 19.3. The number of benzene rings is 1. The van der Waals surface area contributed by atoms with Crippen LogP contribution < -0.4 is 0 Å². The normalized spacial score (nSPS) is 12.5. The molecular weight excluding hydrogens is 300 g/mol. The van der Waals surface area contributed by atoms with Crippen molar-refractivity contribution < 1.29 is 13.9 Å². The minimum atomic E-state index is -2.50. The number of aliphatic hydroxyl groups is 1. The van der Waals surface area contributed by atoms with E-state index < -0.39 is 12.5 Å². The van der Waals surface area contributed by atoms with Crippen molar-refractivity contribution >= 4 is 0 Å². The van der Waals surface area contributed by atoms with Gasteiger partial charge in [-0.3, -0.25) is 4.98 Å². The van der Waals surface area contributed by atoms with Crippen molar-refractivity contribution in [2.45, 2.75) is 19.1 Å². The largest absolute Gasteiger partial charge is 0.380 e. The molecule has 3 rings (SSSR count). The Morgan fingerprint density at radius 3 is 2.65 bits per heavy atom. The third-order valence-electron chi connectivity index (χ3n) is 3.55. The van der Waals surface area contributed by atoms with E-state index in [9.17, 15) is 13.9 Å². The summed E-state index contributed by atoms with van der Waals surface area (Å²) in [6.07, 6.45) is 3.06. The standard InChI is InChI=1S/C17H15F2N3O/c18-16(19)13-4-1-3-12(9-13)11-22-8-7-21-17(22)15(23)14-5-2-6-20-10-14/h1-10,15-16,23H,11H2. The van der Waals surface area contributed by atoms with Crippen LogP contribution >= 0.6 is 0 Å². The zero-order valence-electron chi connectivity index (χ0n) is 12.2. The summed E-state index contributed by atoms with van der Waals surface area (Å²) in [7, 11) is 0. The summed E-state index contributed by atoms with van der Waals surface area (Å²) < 4.78 is 27.3. The molecular formula is C17H15F2N3O. The zero-order chi connectivity index (χ0) is 16.2. The Balaban J connectivity index is 1.85. The second kappa shape index (κ2) is 6.66. The average Bonchev–Trinajstić information content (AvgIpc) is 3.03. The smallest absolute Gasteiger partial charge is 0.263 e. The number of aliphatic hydroxyl groups excluding tert-OH is 1. The summed E-state index contributed by atoms with van der Waals surface area (Å²) in [5, 5.41) is 10.4. The second-order valence-electron chi connectivity index (χ2n) is 5.15. The lowest BCUT2D eigenvalue weighted by molar-refractivity contribution is 0.151. The summed E-state index contributed by atoms with van der Waals surface area (Å²) in [5.41, 5.74) is 1.33. The first-order valence-electron chi connectivity index (χ1n) is 7.11. The lowest BCUT2D eigenvalue weighted by atomic mass is 10.1. The molecule has 118 valence electrons. The number of hydrogen-bond donors (Lipinski definition) is 1. The number of imidazole rings is 1. The molecule has 6 heteroatoms. The van der Waals surface area contributed by atoms with Crippen molar-refractivity contribution in [1.82, 2.24) is 14.5 Å². The molecule has 3 aromatic rings. The molecule has 0 aliphatic rings. The van der Waals surface area contributed by atoms with Gasteiger partial charge in [-0.05, 0) is 17.7 Å². The first kappa shape index (κ1) is 15.3. The highest BCUT2D eigenvalue weighted by Gasteiger charge is 2.16. The van der Waals surface area contributed by atoms with Crippen LogP contribution in [-0.4, -0.2) is 19.6 Å². The molecule has 0 aliphatic heterocycles. The Labute approximate surface area is 132 Å². The van der Waals surface area contributed by atoms with E-state index in [0.29, 0.717) is 17.9 Å². The van der Waals surface area contributed by atoms with Crippen LogP contribution in [0.2, 0.25) is 0 Å². The minimum absolute atomic E-state index is 0.0167. The van der Waals surface area contributed by atoms with Crippen LogP contribution in [0, 0.1) is 0 Å². The summed E-state index contributed by atoms with van der Waals surface area (Å²) >= 11 is 0. The highest BCUT2D eigenvalue weighted by molar-refractivity contribution is 5.26. The Bertz CT molecular complexity index is 774. The average molecular weight is 315 g/mol. The van der Waals surface area contributed by atoms with Gasteiger partial charge in [0.25, 0.3) is 6.43 Å². The molecule has 23 heavy (non-hydrogen) atoms. The molecule has 0 amide bonds. The van der Waals surface area contributed by atoms with Gasteiger partial charge >= 0.3 is 0 Å². The van der Waals surface area contributed by atoms with E-state index in [1.807, 2.05) is 0 Å². The van der Waals surface area contributed by atoms with Crippen LogP contribution in [-0.2, 0) is 6.54 Å².